The van der Waals surface area contributed by atoms with Crippen LogP contribution in [0.15, 0.2) is 29.2 Å². The number of hydrogen-bond acceptors (Lipinski definition) is 6. The van der Waals surface area contributed by atoms with Crippen molar-refractivity contribution in [3.05, 3.63) is 24.3 Å². The standard InChI is InChI=1S/C14H18N2O5S2/c1-21-11-2-4-12(5-3-11)22-8-13(17)15-16-14(18)10-6-7-23(19,20)9-10/h2-5,10H,6-9H2,1H3,(H,15,17)(H,16,18)/t10-/m1/s1. The minimum atomic E-state index is -3.12. The summed E-state index contributed by atoms with van der Waals surface area (Å²) in [5.74, 6) is -0.682. The molecule has 1 heterocycles. The number of thioether (sulfide) groups is 1. The molecule has 7 nitrogen and oxygen atoms in total. The fourth-order valence-corrected chi connectivity index (χ4v) is 4.53. The van der Waals surface area contributed by atoms with Crippen molar-refractivity contribution in [3.63, 3.8) is 0 Å². The molecule has 0 radical (unpaired) electrons. The molecule has 23 heavy (non-hydrogen) atoms. The Hall–Kier alpha value is -1.74. The minimum absolute atomic E-state index is 0.0202. The Morgan fingerprint density at radius 2 is 1.96 bits per heavy atom. The van der Waals surface area contributed by atoms with E-state index in [0.29, 0.717) is 6.42 Å². The number of benzene rings is 1. The van der Waals surface area contributed by atoms with E-state index in [4.69, 9.17) is 4.74 Å². The van der Waals surface area contributed by atoms with E-state index in [2.05, 4.69) is 10.9 Å². The third-order valence-corrected chi connectivity index (χ3v) is 6.14. The number of hydrazine groups is 1. The molecule has 126 valence electrons. The maximum Gasteiger partial charge on any atom is 0.248 e. The Balaban J connectivity index is 1.71. The number of carbonyl (C=O) groups excluding carboxylic acids is 2. The second-order valence-corrected chi connectivity index (χ2v) is 8.38. The molecule has 0 unspecified atom stereocenters. The van der Waals surface area contributed by atoms with Gasteiger partial charge in [0.25, 0.3) is 0 Å². The van der Waals surface area contributed by atoms with Gasteiger partial charge in [0.15, 0.2) is 9.84 Å². The summed E-state index contributed by atoms with van der Waals surface area (Å²) < 4.78 is 27.7. The fourth-order valence-electron chi connectivity index (χ4n) is 2.09. The van der Waals surface area contributed by atoms with Crippen LogP contribution in [0.4, 0.5) is 0 Å². The van der Waals surface area contributed by atoms with Crippen LogP contribution < -0.4 is 15.6 Å². The van der Waals surface area contributed by atoms with Gasteiger partial charge in [0.1, 0.15) is 5.75 Å². The van der Waals surface area contributed by atoms with Crippen molar-refractivity contribution in [3.8, 4) is 5.75 Å². The van der Waals surface area contributed by atoms with Gasteiger partial charge < -0.3 is 4.74 Å². The number of nitrogens with one attached hydrogen (secondary N) is 2. The summed E-state index contributed by atoms with van der Waals surface area (Å²) in [6.07, 6.45) is 0.296. The summed E-state index contributed by atoms with van der Waals surface area (Å²) in [4.78, 5) is 24.4. The van der Waals surface area contributed by atoms with Gasteiger partial charge in [-0.15, -0.1) is 11.8 Å². The number of methoxy groups -OCH3 is 1. The van der Waals surface area contributed by atoms with Gasteiger partial charge in [-0.3, -0.25) is 20.4 Å². The van der Waals surface area contributed by atoms with Gasteiger partial charge >= 0.3 is 0 Å². The van der Waals surface area contributed by atoms with Crippen LogP contribution in [0.25, 0.3) is 0 Å². The first-order valence-corrected chi connectivity index (χ1v) is 9.76. The number of amides is 2. The lowest BCUT2D eigenvalue weighted by atomic mass is 10.1. The molecule has 0 saturated carbocycles. The summed E-state index contributed by atoms with van der Waals surface area (Å²) in [6, 6.07) is 7.25. The highest BCUT2D eigenvalue weighted by atomic mass is 32.2. The van der Waals surface area contributed by atoms with Crippen molar-refractivity contribution in [2.75, 3.05) is 24.4 Å². The lowest BCUT2D eigenvalue weighted by Gasteiger charge is -2.10. The lowest BCUT2D eigenvalue weighted by Crippen LogP contribution is -2.45. The van der Waals surface area contributed by atoms with Crippen LogP contribution in [0.1, 0.15) is 6.42 Å². The summed E-state index contributed by atoms with van der Waals surface area (Å²) in [6.45, 7) is 0. The average Bonchev–Trinajstić information content (AvgIpc) is 2.91. The molecule has 2 amide bonds. The molecule has 1 saturated heterocycles. The molecule has 1 atom stereocenters. The van der Waals surface area contributed by atoms with Crippen LogP contribution in [0.5, 0.6) is 5.75 Å². The zero-order valence-electron chi connectivity index (χ0n) is 12.6. The Morgan fingerprint density at radius 1 is 1.26 bits per heavy atom. The smallest absolute Gasteiger partial charge is 0.248 e. The second kappa shape index (κ2) is 7.69. The van der Waals surface area contributed by atoms with Crippen molar-refractivity contribution in [1.29, 1.82) is 0 Å². The van der Waals surface area contributed by atoms with Crippen LogP contribution >= 0.6 is 11.8 Å². The predicted molar refractivity (Wildman–Crippen MR) is 86.8 cm³/mol. The second-order valence-electron chi connectivity index (χ2n) is 5.10. The Bertz CT molecular complexity index is 673. The molecule has 9 heteroatoms. The largest absolute Gasteiger partial charge is 0.497 e. The van der Waals surface area contributed by atoms with Crippen LogP contribution in [-0.4, -0.2) is 44.6 Å². The van der Waals surface area contributed by atoms with E-state index in [1.807, 2.05) is 12.1 Å². The van der Waals surface area contributed by atoms with Gasteiger partial charge in [-0.2, -0.15) is 0 Å². The third-order valence-electron chi connectivity index (χ3n) is 3.36. The maximum atomic E-state index is 11.8. The monoisotopic (exact) mass is 358 g/mol. The highest BCUT2D eigenvalue weighted by molar-refractivity contribution is 8.00. The Morgan fingerprint density at radius 3 is 2.52 bits per heavy atom. The first-order chi connectivity index (χ1) is 10.9. The van der Waals surface area contributed by atoms with E-state index in [1.54, 1.807) is 19.2 Å². The van der Waals surface area contributed by atoms with Crippen LogP contribution in [0.2, 0.25) is 0 Å². The van der Waals surface area contributed by atoms with E-state index in [9.17, 15) is 18.0 Å². The van der Waals surface area contributed by atoms with Crippen molar-refractivity contribution in [2.24, 2.45) is 5.92 Å². The molecule has 2 rings (SSSR count). The molecule has 1 aliphatic rings. The van der Waals surface area contributed by atoms with Crippen molar-refractivity contribution in [1.82, 2.24) is 10.9 Å². The molecule has 0 bridgehead atoms. The van der Waals surface area contributed by atoms with Crippen molar-refractivity contribution >= 4 is 33.4 Å². The van der Waals surface area contributed by atoms with E-state index in [-0.39, 0.29) is 23.2 Å². The number of hydrogen-bond donors (Lipinski definition) is 2. The van der Waals surface area contributed by atoms with E-state index >= 15 is 0 Å². The topological polar surface area (TPSA) is 102 Å². The molecule has 0 aromatic heterocycles. The summed E-state index contributed by atoms with van der Waals surface area (Å²) in [5.41, 5.74) is 4.58. The van der Waals surface area contributed by atoms with Gasteiger partial charge in [0.05, 0.1) is 30.3 Å². The summed E-state index contributed by atoms with van der Waals surface area (Å²) in [5, 5.41) is 0. The highest BCUT2D eigenvalue weighted by Crippen LogP contribution is 2.21. The molecule has 1 aliphatic heterocycles. The zero-order valence-corrected chi connectivity index (χ0v) is 14.2. The third kappa shape index (κ3) is 5.43. The molecule has 2 N–H and O–H groups in total. The average molecular weight is 358 g/mol. The van der Waals surface area contributed by atoms with Gasteiger partial charge in [-0.05, 0) is 30.7 Å². The van der Waals surface area contributed by atoms with Crippen LogP contribution in [0.3, 0.4) is 0 Å². The van der Waals surface area contributed by atoms with Crippen LogP contribution in [0, 0.1) is 5.92 Å². The number of rotatable bonds is 5. The van der Waals surface area contributed by atoms with Gasteiger partial charge in [-0.25, -0.2) is 8.42 Å². The molecule has 0 spiro atoms. The van der Waals surface area contributed by atoms with E-state index in [0.717, 1.165) is 10.6 Å². The van der Waals surface area contributed by atoms with E-state index < -0.39 is 21.7 Å². The van der Waals surface area contributed by atoms with E-state index in [1.165, 1.54) is 11.8 Å². The molecule has 1 aromatic carbocycles. The SMILES string of the molecule is COc1ccc(SCC(=O)NNC(=O)[C@@H]2CCS(=O)(=O)C2)cc1. The van der Waals surface area contributed by atoms with Crippen LogP contribution in [-0.2, 0) is 19.4 Å². The van der Waals surface area contributed by atoms with Gasteiger partial charge in [-0.1, -0.05) is 0 Å². The summed E-state index contributed by atoms with van der Waals surface area (Å²) >= 11 is 1.32. The first-order valence-electron chi connectivity index (χ1n) is 6.95. The molecule has 0 aliphatic carbocycles. The maximum absolute atomic E-state index is 11.8. The quantitative estimate of drug-likeness (QED) is 0.582. The first kappa shape index (κ1) is 17.6. The van der Waals surface area contributed by atoms with Crippen molar-refractivity contribution in [2.45, 2.75) is 11.3 Å². The highest BCUT2D eigenvalue weighted by Gasteiger charge is 2.33. The Labute approximate surface area is 139 Å². The normalized spacial score (nSPS) is 19.1. The van der Waals surface area contributed by atoms with Gasteiger partial charge in [0.2, 0.25) is 11.8 Å². The number of sulfone groups is 1. The predicted octanol–water partition coefficient (Wildman–Crippen LogP) is 0.369. The van der Waals surface area contributed by atoms with Gasteiger partial charge in [0, 0.05) is 4.90 Å². The molecule has 1 fully saturated rings. The molecular formula is C14H18N2O5S2. The molecular weight excluding hydrogens is 340 g/mol. The minimum Gasteiger partial charge on any atom is -0.497 e. The summed E-state index contributed by atoms with van der Waals surface area (Å²) in [7, 11) is -1.54. The van der Waals surface area contributed by atoms with Crippen molar-refractivity contribution < 1.29 is 22.7 Å². The zero-order chi connectivity index (χ0) is 16.9. The Kier molecular flexibility index (Phi) is 5.89. The molecule has 1 aromatic rings. The lowest BCUT2D eigenvalue weighted by molar-refractivity contribution is -0.129. The number of carbonyl (C=O) groups is 2. The fraction of sp³-hybridized carbons (Fsp3) is 0.429. The number of ether oxygens (including phenoxy) is 1.